The molecule has 1 aliphatic heterocycles. The Morgan fingerprint density at radius 2 is 1.97 bits per heavy atom. The van der Waals surface area contributed by atoms with Crippen LogP contribution in [0.4, 0.5) is 5.69 Å². The lowest BCUT2D eigenvalue weighted by atomic mass is 10.00. The number of nitrogens with two attached hydrogens (primary N) is 1. The number of imidazole rings is 1. The molecule has 0 saturated heterocycles. The van der Waals surface area contributed by atoms with Crippen molar-refractivity contribution in [3.63, 3.8) is 0 Å². The van der Waals surface area contributed by atoms with E-state index >= 15 is 0 Å². The lowest BCUT2D eigenvalue weighted by Crippen LogP contribution is -2.30. The highest BCUT2D eigenvalue weighted by atomic mass is 16.5. The molecular weight excluding hydrogens is 452 g/mol. The van der Waals surface area contributed by atoms with Gasteiger partial charge in [-0.1, -0.05) is 24.3 Å². The first kappa shape index (κ1) is 21.8. The fourth-order valence-electron chi connectivity index (χ4n) is 4.50. The molecule has 1 amide bonds. The van der Waals surface area contributed by atoms with Gasteiger partial charge < -0.3 is 25.8 Å². The van der Waals surface area contributed by atoms with Gasteiger partial charge in [0.25, 0.3) is 5.91 Å². The highest BCUT2D eigenvalue weighted by Gasteiger charge is 2.25. The second-order valence-electron chi connectivity index (χ2n) is 8.79. The average Bonchev–Trinajstić information content (AvgIpc) is 3.63. The summed E-state index contributed by atoms with van der Waals surface area (Å²) >= 11 is 0. The number of amides is 1. The maximum absolute atomic E-state index is 12.5. The molecule has 0 spiro atoms. The molecule has 8 heteroatoms. The van der Waals surface area contributed by atoms with Gasteiger partial charge in [-0.15, -0.1) is 0 Å². The standard InChI is InChI=1S/C28H24N6O2/c29-20(9-19-14-33-25-4-2-1-3-22(19)25)16-36-21-10-18(13-30-15-21)17-5-6-26-23(11-17)24(28(35)34-26)12-27-31-7-8-32-27/h1-8,10-15,20,33H,9,16,29H2,(H,31,32)(H,34,35)/b24-12-/t20-/m0/s1. The minimum atomic E-state index is -0.167. The molecule has 5 N–H and O–H groups in total. The van der Waals surface area contributed by atoms with Crippen molar-refractivity contribution in [1.82, 2.24) is 19.9 Å². The van der Waals surface area contributed by atoms with Crippen LogP contribution >= 0.6 is 0 Å². The van der Waals surface area contributed by atoms with Crippen molar-refractivity contribution in [2.45, 2.75) is 12.5 Å². The summed E-state index contributed by atoms with van der Waals surface area (Å²) in [5.74, 6) is 1.11. The third-order valence-electron chi connectivity index (χ3n) is 6.27. The smallest absolute Gasteiger partial charge is 0.256 e. The average molecular weight is 477 g/mol. The Labute approximate surface area is 207 Å². The van der Waals surface area contributed by atoms with Crippen LogP contribution in [0.25, 0.3) is 33.7 Å². The number of pyridine rings is 1. The van der Waals surface area contributed by atoms with E-state index in [-0.39, 0.29) is 11.9 Å². The fourth-order valence-corrected chi connectivity index (χ4v) is 4.50. The second-order valence-corrected chi connectivity index (χ2v) is 8.79. The molecule has 0 radical (unpaired) electrons. The molecule has 1 atom stereocenters. The van der Waals surface area contributed by atoms with Crippen LogP contribution in [-0.4, -0.2) is 38.5 Å². The highest BCUT2D eigenvalue weighted by molar-refractivity contribution is 6.35. The van der Waals surface area contributed by atoms with Crippen LogP contribution in [0.2, 0.25) is 0 Å². The van der Waals surface area contributed by atoms with E-state index in [1.54, 1.807) is 30.9 Å². The zero-order valence-corrected chi connectivity index (χ0v) is 19.4. The quantitative estimate of drug-likeness (QED) is 0.260. The molecular formula is C28H24N6O2. The summed E-state index contributed by atoms with van der Waals surface area (Å²) in [6.45, 7) is 0.364. The molecule has 36 heavy (non-hydrogen) atoms. The van der Waals surface area contributed by atoms with E-state index in [1.807, 2.05) is 42.6 Å². The first-order chi connectivity index (χ1) is 17.6. The van der Waals surface area contributed by atoms with Gasteiger partial charge in [-0.3, -0.25) is 9.78 Å². The first-order valence-electron chi connectivity index (χ1n) is 11.7. The Morgan fingerprint density at radius 1 is 1.06 bits per heavy atom. The van der Waals surface area contributed by atoms with Crippen LogP contribution in [0.15, 0.2) is 79.5 Å². The molecule has 3 aromatic heterocycles. The maximum atomic E-state index is 12.5. The molecule has 2 aromatic carbocycles. The minimum Gasteiger partial charge on any atom is -0.490 e. The van der Waals surface area contributed by atoms with Gasteiger partial charge in [-0.05, 0) is 47.9 Å². The SMILES string of the molecule is N[C@H](COc1cncc(-c2ccc3c(c2)/C(=C/c2ncc[nH]2)C(=O)N3)c1)Cc1c[nH]c2ccccc12. The number of aromatic nitrogens is 4. The molecule has 0 saturated carbocycles. The van der Waals surface area contributed by atoms with E-state index in [4.69, 9.17) is 10.5 Å². The Bertz CT molecular complexity index is 1580. The van der Waals surface area contributed by atoms with Gasteiger partial charge in [0.15, 0.2) is 0 Å². The number of para-hydroxylation sites is 1. The molecule has 178 valence electrons. The van der Waals surface area contributed by atoms with Gasteiger partial charge in [0.05, 0.1) is 11.8 Å². The number of nitrogens with one attached hydrogen (secondary N) is 3. The van der Waals surface area contributed by atoms with E-state index in [1.165, 1.54) is 10.9 Å². The number of carbonyl (C=O) groups excluding carboxylic acids is 1. The van der Waals surface area contributed by atoms with Crippen molar-refractivity contribution < 1.29 is 9.53 Å². The van der Waals surface area contributed by atoms with Gasteiger partial charge in [0, 0.05) is 58.5 Å². The third-order valence-corrected chi connectivity index (χ3v) is 6.27. The predicted molar refractivity (Wildman–Crippen MR) is 140 cm³/mol. The molecule has 6 rings (SSSR count). The number of anilines is 1. The highest BCUT2D eigenvalue weighted by Crippen LogP contribution is 2.36. The Balaban J connectivity index is 1.18. The summed E-state index contributed by atoms with van der Waals surface area (Å²) in [5, 5.41) is 4.09. The number of hydrogen-bond donors (Lipinski definition) is 4. The summed E-state index contributed by atoms with van der Waals surface area (Å²) in [4.78, 5) is 27.4. The summed E-state index contributed by atoms with van der Waals surface area (Å²) < 4.78 is 6.00. The molecule has 4 heterocycles. The van der Waals surface area contributed by atoms with Crippen molar-refractivity contribution in [3.8, 4) is 16.9 Å². The third kappa shape index (κ3) is 4.25. The number of H-pyrrole nitrogens is 2. The minimum absolute atomic E-state index is 0.155. The number of benzene rings is 2. The number of aromatic amines is 2. The van der Waals surface area contributed by atoms with E-state index in [9.17, 15) is 4.79 Å². The van der Waals surface area contributed by atoms with Crippen molar-refractivity contribution >= 4 is 34.1 Å². The normalized spacial score (nSPS) is 14.7. The monoisotopic (exact) mass is 476 g/mol. The van der Waals surface area contributed by atoms with E-state index in [2.05, 4.69) is 37.4 Å². The second kappa shape index (κ2) is 9.16. The van der Waals surface area contributed by atoms with Crippen molar-refractivity contribution in [2.24, 2.45) is 5.73 Å². The van der Waals surface area contributed by atoms with E-state index < -0.39 is 0 Å². The molecule has 1 aliphatic rings. The van der Waals surface area contributed by atoms with E-state index in [0.717, 1.165) is 27.9 Å². The molecule has 0 bridgehead atoms. The molecule has 0 unspecified atom stereocenters. The van der Waals surface area contributed by atoms with Gasteiger partial charge in [-0.2, -0.15) is 0 Å². The lowest BCUT2D eigenvalue weighted by molar-refractivity contribution is -0.110. The van der Waals surface area contributed by atoms with Gasteiger partial charge in [0.2, 0.25) is 0 Å². The number of fused-ring (bicyclic) bond motifs is 2. The number of rotatable bonds is 7. The summed E-state index contributed by atoms with van der Waals surface area (Å²) in [5.41, 5.74) is 12.6. The number of carbonyl (C=O) groups is 1. The van der Waals surface area contributed by atoms with Gasteiger partial charge in [-0.25, -0.2) is 4.98 Å². The van der Waals surface area contributed by atoms with Crippen molar-refractivity contribution in [3.05, 3.63) is 96.5 Å². The topological polar surface area (TPSA) is 122 Å². The van der Waals surface area contributed by atoms with E-state index in [0.29, 0.717) is 30.2 Å². The van der Waals surface area contributed by atoms with Crippen molar-refractivity contribution in [1.29, 1.82) is 0 Å². The molecule has 0 fully saturated rings. The molecule has 8 nitrogen and oxygen atoms in total. The fraction of sp³-hybridized carbons (Fsp3) is 0.107. The zero-order chi connectivity index (χ0) is 24.5. The van der Waals surface area contributed by atoms with Gasteiger partial charge in [0.1, 0.15) is 18.2 Å². The van der Waals surface area contributed by atoms with Crippen LogP contribution in [-0.2, 0) is 11.2 Å². The summed E-state index contributed by atoms with van der Waals surface area (Å²) in [6.07, 6.45) is 11.3. The maximum Gasteiger partial charge on any atom is 0.256 e. The predicted octanol–water partition coefficient (Wildman–Crippen LogP) is 4.39. The van der Waals surface area contributed by atoms with Crippen LogP contribution in [0.3, 0.4) is 0 Å². The number of nitrogens with zero attached hydrogens (tertiary/aromatic N) is 2. The Hall–Kier alpha value is -4.69. The number of ether oxygens (including phenoxy) is 1. The molecule has 0 aliphatic carbocycles. The van der Waals surface area contributed by atoms with Gasteiger partial charge >= 0.3 is 0 Å². The lowest BCUT2D eigenvalue weighted by Gasteiger charge is -2.13. The molecule has 5 aromatic rings. The van der Waals surface area contributed by atoms with Crippen LogP contribution in [0.5, 0.6) is 5.75 Å². The first-order valence-corrected chi connectivity index (χ1v) is 11.7. The van der Waals surface area contributed by atoms with Crippen LogP contribution in [0, 0.1) is 0 Å². The zero-order valence-electron chi connectivity index (χ0n) is 19.4. The van der Waals surface area contributed by atoms with Crippen molar-refractivity contribution in [2.75, 3.05) is 11.9 Å². The van der Waals surface area contributed by atoms with Crippen LogP contribution < -0.4 is 15.8 Å². The summed E-state index contributed by atoms with van der Waals surface area (Å²) in [7, 11) is 0. The summed E-state index contributed by atoms with van der Waals surface area (Å²) in [6, 6.07) is 15.8. The Kier molecular flexibility index (Phi) is 5.55. The Morgan fingerprint density at radius 3 is 2.86 bits per heavy atom. The largest absolute Gasteiger partial charge is 0.490 e. The van der Waals surface area contributed by atoms with Crippen LogP contribution in [0.1, 0.15) is 17.0 Å². The number of hydrogen-bond acceptors (Lipinski definition) is 5.